The second-order valence-corrected chi connectivity index (χ2v) is 3.50. The summed E-state index contributed by atoms with van der Waals surface area (Å²) >= 11 is 0. The Kier molecular flexibility index (Phi) is 3.04. The van der Waals surface area contributed by atoms with Crippen LogP contribution >= 0.6 is 0 Å². The van der Waals surface area contributed by atoms with E-state index < -0.39 is 35.4 Å². The molecule has 1 heterocycles. The van der Waals surface area contributed by atoms with E-state index in [1.54, 1.807) is 0 Å². The molecule has 0 saturated carbocycles. The molecule has 0 saturated heterocycles. The highest BCUT2D eigenvalue weighted by Crippen LogP contribution is 2.29. The molecule has 1 rings (SSSR count). The van der Waals surface area contributed by atoms with E-state index in [9.17, 15) is 27.2 Å². The van der Waals surface area contributed by atoms with E-state index in [2.05, 4.69) is 0 Å². The first-order valence-corrected chi connectivity index (χ1v) is 4.42. The van der Waals surface area contributed by atoms with Gasteiger partial charge in [-0.1, -0.05) is 0 Å². The van der Waals surface area contributed by atoms with E-state index >= 15 is 0 Å². The highest BCUT2D eigenvalue weighted by atomic mass is 19.4. The maximum atomic E-state index is 13.3. The first-order chi connectivity index (χ1) is 7.59. The van der Waals surface area contributed by atoms with Crippen LogP contribution in [0.4, 0.5) is 22.4 Å². The predicted molar refractivity (Wildman–Crippen MR) is 47.5 cm³/mol. The van der Waals surface area contributed by atoms with Crippen LogP contribution in [-0.4, -0.2) is 20.6 Å². The van der Waals surface area contributed by atoms with Crippen molar-refractivity contribution in [2.45, 2.75) is 26.1 Å². The van der Waals surface area contributed by atoms with Crippen LogP contribution in [0.25, 0.3) is 0 Å². The topological polar surface area (TPSA) is 64.2 Å². The average molecular weight is 256 g/mol. The molecular formula is C8H8F4N2O3. The Hall–Kier alpha value is -1.80. The number of carbonyl (C=O) groups is 1. The Balaban J connectivity index is 3.75. The van der Waals surface area contributed by atoms with Gasteiger partial charge in [0.15, 0.2) is 5.56 Å². The monoisotopic (exact) mass is 256 g/mol. The third kappa shape index (κ3) is 2.04. The SMILES string of the molecule is CC(C)n1c(=O)c(C(F)(F)F)c(F)n1C(=O)O. The molecule has 0 fully saturated rings. The molecule has 0 aliphatic carbocycles. The van der Waals surface area contributed by atoms with Crippen molar-refractivity contribution in [3.63, 3.8) is 0 Å². The molecule has 9 heteroatoms. The van der Waals surface area contributed by atoms with Crippen molar-refractivity contribution in [2.75, 3.05) is 0 Å². The summed E-state index contributed by atoms with van der Waals surface area (Å²) in [4.78, 5) is 22.0. The zero-order valence-electron chi connectivity index (χ0n) is 8.75. The molecular weight excluding hydrogens is 248 g/mol. The molecule has 0 bridgehead atoms. The van der Waals surface area contributed by atoms with E-state index in [1.165, 1.54) is 13.8 Å². The molecule has 96 valence electrons. The molecule has 5 nitrogen and oxygen atoms in total. The van der Waals surface area contributed by atoms with E-state index in [1.807, 2.05) is 0 Å². The van der Waals surface area contributed by atoms with Crippen LogP contribution in [0, 0.1) is 5.95 Å². The van der Waals surface area contributed by atoms with Crippen molar-refractivity contribution in [3.05, 3.63) is 21.9 Å². The van der Waals surface area contributed by atoms with Crippen LogP contribution in [0.5, 0.6) is 0 Å². The van der Waals surface area contributed by atoms with Crippen molar-refractivity contribution in [1.29, 1.82) is 0 Å². The van der Waals surface area contributed by atoms with E-state index in [4.69, 9.17) is 5.11 Å². The maximum absolute atomic E-state index is 13.3. The Labute approximate surface area is 91.9 Å². The molecule has 0 spiro atoms. The molecule has 0 unspecified atom stereocenters. The summed E-state index contributed by atoms with van der Waals surface area (Å²) in [7, 11) is 0. The zero-order valence-corrected chi connectivity index (χ0v) is 8.75. The van der Waals surface area contributed by atoms with Gasteiger partial charge in [-0.15, -0.1) is 0 Å². The second kappa shape index (κ2) is 3.90. The highest BCUT2D eigenvalue weighted by molar-refractivity contribution is 5.67. The van der Waals surface area contributed by atoms with Crippen molar-refractivity contribution in [1.82, 2.24) is 9.36 Å². The van der Waals surface area contributed by atoms with Crippen molar-refractivity contribution in [2.24, 2.45) is 0 Å². The van der Waals surface area contributed by atoms with Crippen molar-refractivity contribution >= 4 is 6.09 Å². The lowest BCUT2D eigenvalue weighted by molar-refractivity contribution is -0.140. The van der Waals surface area contributed by atoms with Crippen molar-refractivity contribution < 1.29 is 27.5 Å². The fraction of sp³-hybridized carbons (Fsp3) is 0.500. The Morgan fingerprint density at radius 3 is 2.06 bits per heavy atom. The van der Waals surface area contributed by atoms with Gasteiger partial charge in [0, 0.05) is 6.04 Å². The Morgan fingerprint density at radius 2 is 1.82 bits per heavy atom. The molecule has 0 radical (unpaired) electrons. The van der Waals surface area contributed by atoms with E-state index in [0.717, 1.165) is 0 Å². The third-order valence-corrected chi connectivity index (χ3v) is 1.98. The van der Waals surface area contributed by atoms with Gasteiger partial charge in [0.05, 0.1) is 0 Å². The Bertz CT molecular complexity index is 512. The van der Waals surface area contributed by atoms with Crippen LogP contribution in [0.3, 0.4) is 0 Å². The molecule has 1 N–H and O–H groups in total. The summed E-state index contributed by atoms with van der Waals surface area (Å²) in [5.41, 5.74) is -3.82. The summed E-state index contributed by atoms with van der Waals surface area (Å²) in [6.45, 7) is 2.53. The molecule has 17 heavy (non-hydrogen) atoms. The molecule has 0 aromatic carbocycles. The minimum atomic E-state index is -5.24. The highest BCUT2D eigenvalue weighted by Gasteiger charge is 2.43. The number of aromatic nitrogens is 2. The predicted octanol–water partition coefficient (Wildman–Crippen LogP) is 1.91. The molecule has 1 aromatic rings. The minimum absolute atomic E-state index is 0.195. The van der Waals surface area contributed by atoms with Gasteiger partial charge >= 0.3 is 12.3 Å². The molecule has 1 aromatic heterocycles. The van der Waals surface area contributed by atoms with Crippen LogP contribution in [0.2, 0.25) is 0 Å². The molecule has 0 atom stereocenters. The number of hydrogen-bond acceptors (Lipinski definition) is 2. The standard InChI is InChI=1S/C8H8F4N2O3/c1-3(2)13-6(15)4(8(10,11)12)5(9)14(13)7(16)17/h3H,1-2H3,(H,16,17). The number of nitrogens with zero attached hydrogens (tertiary/aromatic N) is 2. The smallest absolute Gasteiger partial charge is 0.433 e. The lowest BCUT2D eigenvalue weighted by Crippen LogP contribution is -2.30. The molecule has 0 aliphatic rings. The van der Waals surface area contributed by atoms with Gasteiger partial charge in [-0.3, -0.25) is 4.79 Å². The quantitative estimate of drug-likeness (QED) is 0.780. The van der Waals surface area contributed by atoms with Gasteiger partial charge < -0.3 is 5.11 Å². The minimum Gasteiger partial charge on any atom is -0.463 e. The fourth-order valence-corrected chi connectivity index (χ4v) is 1.37. The number of hydrogen-bond donors (Lipinski definition) is 1. The zero-order chi connectivity index (χ0) is 13.5. The molecule has 0 aliphatic heterocycles. The van der Waals surface area contributed by atoms with Gasteiger partial charge in [0.1, 0.15) is 0 Å². The average Bonchev–Trinajstić information content (AvgIpc) is 2.35. The van der Waals surface area contributed by atoms with E-state index in [-0.39, 0.29) is 9.36 Å². The number of carboxylic acid groups (broad SMARTS) is 1. The largest absolute Gasteiger partial charge is 0.463 e. The lowest BCUT2D eigenvalue weighted by Gasteiger charge is -2.09. The van der Waals surface area contributed by atoms with Crippen LogP contribution in [-0.2, 0) is 6.18 Å². The summed E-state index contributed by atoms with van der Waals surface area (Å²) < 4.78 is 50.3. The summed E-state index contributed by atoms with van der Waals surface area (Å²) in [5, 5.41) is 8.59. The van der Waals surface area contributed by atoms with Gasteiger partial charge in [0.25, 0.3) is 5.56 Å². The normalized spacial score (nSPS) is 12.2. The summed E-state index contributed by atoms with van der Waals surface area (Å²) in [5.74, 6) is -2.12. The number of rotatable bonds is 1. The van der Waals surface area contributed by atoms with Crippen LogP contribution in [0.1, 0.15) is 25.5 Å². The number of alkyl halides is 3. The molecule has 0 amide bonds. The fourth-order valence-electron chi connectivity index (χ4n) is 1.37. The van der Waals surface area contributed by atoms with Crippen LogP contribution < -0.4 is 5.56 Å². The summed E-state index contributed by atoms with van der Waals surface area (Å²) in [6.07, 6.45) is -7.23. The Morgan fingerprint density at radius 1 is 1.35 bits per heavy atom. The maximum Gasteiger partial charge on any atom is 0.433 e. The number of halogens is 4. The van der Waals surface area contributed by atoms with Gasteiger partial charge in [-0.25, -0.2) is 9.48 Å². The van der Waals surface area contributed by atoms with Gasteiger partial charge in [-0.05, 0) is 13.8 Å². The van der Waals surface area contributed by atoms with Gasteiger partial charge in [-0.2, -0.15) is 22.2 Å². The first kappa shape index (κ1) is 13.3. The second-order valence-electron chi connectivity index (χ2n) is 3.50. The first-order valence-electron chi connectivity index (χ1n) is 4.42. The van der Waals surface area contributed by atoms with Crippen LogP contribution in [0.15, 0.2) is 4.79 Å². The lowest BCUT2D eigenvalue weighted by atomic mass is 10.3. The third-order valence-electron chi connectivity index (χ3n) is 1.98. The summed E-state index contributed by atoms with van der Waals surface area (Å²) in [6, 6.07) is -0.927. The van der Waals surface area contributed by atoms with E-state index in [0.29, 0.717) is 0 Å². The van der Waals surface area contributed by atoms with Crippen molar-refractivity contribution in [3.8, 4) is 0 Å². The van der Waals surface area contributed by atoms with Gasteiger partial charge in [0.2, 0.25) is 5.95 Å².